The molecule has 0 bridgehead atoms. The Hall–Kier alpha value is -1.36. The minimum atomic E-state index is -1.10. The molecule has 0 radical (unpaired) electrons. The van der Waals surface area contributed by atoms with Crippen LogP contribution in [0, 0.1) is 11.8 Å². The van der Waals surface area contributed by atoms with Crippen LogP contribution in [0.5, 0.6) is 5.75 Å². The third-order valence-corrected chi connectivity index (χ3v) is 3.27. The van der Waals surface area contributed by atoms with Crippen molar-refractivity contribution in [1.82, 2.24) is 0 Å². The highest BCUT2D eigenvalue weighted by atomic mass is 79.9. The predicted molar refractivity (Wildman–Crippen MR) is 71.0 cm³/mol. The Bertz CT molecular complexity index is 468. The van der Waals surface area contributed by atoms with Gasteiger partial charge in [0.1, 0.15) is 11.7 Å². The fourth-order valence-electron chi connectivity index (χ4n) is 1.70. The van der Waals surface area contributed by atoms with Crippen LogP contribution in [0.2, 0.25) is 0 Å². The average molecular weight is 315 g/mol. The first-order chi connectivity index (χ1) is 8.38. The van der Waals surface area contributed by atoms with Crippen LogP contribution < -0.4 is 4.74 Å². The molecular formula is C13H15BrO4. The van der Waals surface area contributed by atoms with Crippen molar-refractivity contribution in [3.8, 4) is 5.75 Å². The van der Waals surface area contributed by atoms with Crippen LogP contribution in [0.4, 0.5) is 0 Å². The fraction of sp³-hybridized carbons (Fsp3) is 0.385. The summed E-state index contributed by atoms with van der Waals surface area (Å²) in [5, 5.41) is 9.09. The molecular weight excluding hydrogens is 300 g/mol. The number of Topliss-reactive ketones (excluding diaryl/α,β-unsaturated/α-hetero) is 1. The Morgan fingerprint density at radius 2 is 1.94 bits per heavy atom. The number of hydrogen-bond acceptors (Lipinski definition) is 3. The van der Waals surface area contributed by atoms with Crippen LogP contribution in [0.3, 0.4) is 0 Å². The third kappa shape index (κ3) is 3.10. The molecule has 0 aliphatic rings. The van der Waals surface area contributed by atoms with Gasteiger partial charge in [0.15, 0.2) is 5.78 Å². The van der Waals surface area contributed by atoms with Gasteiger partial charge in [-0.2, -0.15) is 0 Å². The first kappa shape index (κ1) is 14.7. The zero-order chi connectivity index (χ0) is 13.9. The van der Waals surface area contributed by atoms with Crippen molar-refractivity contribution >= 4 is 27.7 Å². The minimum Gasteiger partial charge on any atom is -0.496 e. The van der Waals surface area contributed by atoms with E-state index in [1.54, 1.807) is 32.0 Å². The van der Waals surface area contributed by atoms with E-state index in [0.717, 1.165) is 0 Å². The highest BCUT2D eigenvalue weighted by Gasteiger charge is 2.30. The molecule has 4 nitrogen and oxygen atoms in total. The molecule has 1 aromatic carbocycles. The fourth-order valence-corrected chi connectivity index (χ4v) is 2.24. The zero-order valence-corrected chi connectivity index (χ0v) is 12.0. The smallest absolute Gasteiger partial charge is 0.314 e. The summed E-state index contributed by atoms with van der Waals surface area (Å²) in [6.45, 7) is 3.44. The molecule has 1 unspecified atom stereocenters. The van der Waals surface area contributed by atoms with E-state index in [1.807, 2.05) is 0 Å². The Balaban J connectivity index is 3.10. The maximum Gasteiger partial charge on any atom is 0.314 e. The second-order valence-corrected chi connectivity index (χ2v) is 5.13. The number of benzene rings is 1. The van der Waals surface area contributed by atoms with Crippen molar-refractivity contribution in [2.75, 3.05) is 7.11 Å². The standard InChI is InChI=1S/C13H15BrO4/c1-7(2)11(13(16)17)12(15)8-4-5-10(18-3)9(14)6-8/h4-7,11H,1-3H3,(H,16,17). The molecule has 0 aliphatic carbocycles. The molecule has 5 heteroatoms. The van der Waals surface area contributed by atoms with Crippen LogP contribution in [-0.4, -0.2) is 24.0 Å². The summed E-state index contributed by atoms with van der Waals surface area (Å²) in [6.07, 6.45) is 0. The van der Waals surface area contributed by atoms with E-state index in [0.29, 0.717) is 15.8 Å². The number of rotatable bonds is 5. The van der Waals surface area contributed by atoms with Crippen molar-refractivity contribution in [1.29, 1.82) is 0 Å². The summed E-state index contributed by atoms with van der Waals surface area (Å²) in [7, 11) is 1.52. The first-order valence-electron chi connectivity index (χ1n) is 5.49. The third-order valence-electron chi connectivity index (χ3n) is 2.65. The van der Waals surface area contributed by atoms with E-state index >= 15 is 0 Å². The van der Waals surface area contributed by atoms with Crippen LogP contribution >= 0.6 is 15.9 Å². The SMILES string of the molecule is COc1ccc(C(=O)C(C(=O)O)C(C)C)cc1Br. The maximum atomic E-state index is 12.1. The molecule has 0 fully saturated rings. The van der Waals surface area contributed by atoms with Crippen molar-refractivity contribution in [2.45, 2.75) is 13.8 Å². The molecule has 1 rings (SSSR count). The van der Waals surface area contributed by atoms with Crippen molar-refractivity contribution in [3.63, 3.8) is 0 Å². The molecule has 18 heavy (non-hydrogen) atoms. The molecule has 1 aromatic rings. The van der Waals surface area contributed by atoms with Gasteiger partial charge in [0.2, 0.25) is 0 Å². The molecule has 0 saturated heterocycles. The summed E-state index contributed by atoms with van der Waals surface area (Å²) >= 11 is 3.27. The highest BCUT2D eigenvalue weighted by molar-refractivity contribution is 9.10. The number of hydrogen-bond donors (Lipinski definition) is 1. The monoisotopic (exact) mass is 314 g/mol. The molecule has 1 N–H and O–H groups in total. The van der Waals surface area contributed by atoms with Crippen LogP contribution in [0.25, 0.3) is 0 Å². The summed E-state index contributed by atoms with van der Waals surface area (Å²) in [6, 6.07) is 4.79. The second-order valence-electron chi connectivity index (χ2n) is 4.27. The molecule has 0 aromatic heterocycles. The minimum absolute atomic E-state index is 0.254. The van der Waals surface area contributed by atoms with Crippen molar-refractivity contribution in [3.05, 3.63) is 28.2 Å². The normalized spacial score (nSPS) is 12.3. The molecule has 0 aliphatic heterocycles. The number of halogens is 1. The van der Waals surface area contributed by atoms with Gasteiger partial charge in [0, 0.05) is 5.56 Å². The van der Waals surface area contributed by atoms with E-state index in [-0.39, 0.29) is 11.7 Å². The number of carboxylic acids is 1. The Morgan fingerprint density at radius 3 is 2.33 bits per heavy atom. The average Bonchev–Trinajstić information content (AvgIpc) is 2.27. The van der Waals surface area contributed by atoms with Gasteiger partial charge >= 0.3 is 5.97 Å². The van der Waals surface area contributed by atoms with Gasteiger partial charge in [-0.05, 0) is 40.0 Å². The Morgan fingerprint density at radius 1 is 1.33 bits per heavy atom. The van der Waals surface area contributed by atoms with Gasteiger partial charge in [-0.25, -0.2) is 0 Å². The van der Waals surface area contributed by atoms with Gasteiger partial charge in [0.25, 0.3) is 0 Å². The lowest BCUT2D eigenvalue weighted by molar-refractivity contribution is -0.141. The van der Waals surface area contributed by atoms with Crippen LogP contribution in [-0.2, 0) is 4.79 Å². The first-order valence-corrected chi connectivity index (χ1v) is 6.28. The molecule has 0 amide bonds. The number of ether oxygens (including phenoxy) is 1. The van der Waals surface area contributed by atoms with Gasteiger partial charge in [0.05, 0.1) is 11.6 Å². The molecule has 0 spiro atoms. The Labute approximate surface area is 114 Å². The molecule has 98 valence electrons. The lowest BCUT2D eigenvalue weighted by Crippen LogP contribution is -2.28. The van der Waals surface area contributed by atoms with E-state index in [4.69, 9.17) is 9.84 Å². The number of carboxylic acid groups (broad SMARTS) is 1. The number of carbonyl (C=O) groups is 2. The maximum absolute atomic E-state index is 12.1. The predicted octanol–water partition coefficient (Wildman–Crippen LogP) is 3.00. The van der Waals surface area contributed by atoms with Gasteiger partial charge < -0.3 is 9.84 Å². The molecule has 1 atom stereocenters. The molecule has 0 heterocycles. The van der Waals surface area contributed by atoms with Gasteiger partial charge in [-0.3, -0.25) is 9.59 Å². The number of aliphatic carboxylic acids is 1. The summed E-state index contributed by atoms with van der Waals surface area (Å²) in [5.41, 5.74) is 0.365. The van der Waals surface area contributed by atoms with Crippen molar-refractivity contribution < 1.29 is 19.4 Å². The Kier molecular flexibility index (Phi) is 4.90. The summed E-state index contributed by atoms with van der Waals surface area (Å²) in [5.74, 6) is -2.16. The van der Waals surface area contributed by atoms with Crippen molar-refractivity contribution in [2.24, 2.45) is 11.8 Å². The zero-order valence-electron chi connectivity index (χ0n) is 10.4. The van der Waals surface area contributed by atoms with Crippen LogP contribution in [0.15, 0.2) is 22.7 Å². The van der Waals surface area contributed by atoms with E-state index in [9.17, 15) is 9.59 Å². The van der Waals surface area contributed by atoms with Gasteiger partial charge in [-0.1, -0.05) is 13.8 Å². The van der Waals surface area contributed by atoms with E-state index in [2.05, 4.69) is 15.9 Å². The number of methoxy groups -OCH3 is 1. The van der Waals surface area contributed by atoms with E-state index < -0.39 is 11.9 Å². The lowest BCUT2D eigenvalue weighted by atomic mass is 9.88. The largest absolute Gasteiger partial charge is 0.496 e. The topological polar surface area (TPSA) is 63.6 Å². The molecule has 0 saturated carbocycles. The quantitative estimate of drug-likeness (QED) is 0.670. The highest BCUT2D eigenvalue weighted by Crippen LogP contribution is 2.27. The summed E-state index contributed by atoms with van der Waals surface area (Å²) in [4.78, 5) is 23.2. The van der Waals surface area contributed by atoms with Crippen LogP contribution in [0.1, 0.15) is 24.2 Å². The van der Waals surface area contributed by atoms with E-state index in [1.165, 1.54) is 7.11 Å². The van der Waals surface area contributed by atoms with Gasteiger partial charge in [-0.15, -0.1) is 0 Å². The lowest BCUT2D eigenvalue weighted by Gasteiger charge is -2.15. The number of carbonyl (C=O) groups excluding carboxylic acids is 1. The summed E-state index contributed by atoms with van der Waals surface area (Å²) < 4.78 is 5.69. The second kappa shape index (κ2) is 6.00. The number of ketones is 1.